The molecule has 0 aromatic carbocycles. The number of hydrogen-bond acceptors (Lipinski definition) is 7. The third-order valence-electron chi connectivity index (χ3n) is 5.50. The minimum atomic E-state index is -1.15. The van der Waals surface area contributed by atoms with Crippen LogP contribution < -0.4 is 0 Å². The smallest absolute Gasteiger partial charge is 0.330 e. The van der Waals surface area contributed by atoms with Crippen LogP contribution in [0.4, 0.5) is 0 Å². The summed E-state index contributed by atoms with van der Waals surface area (Å²) < 4.78 is 22.4. The Labute approximate surface area is 155 Å². The van der Waals surface area contributed by atoms with Crippen LogP contribution >= 0.6 is 0 Å². The minimum Gasteiger partial charge on any atom is -0.466 e. The molecule has 7 heteroatoms. The van der Waals surface area contributed by atoms with Crippen molar-refractivity contribution < 1.29 is 33.6 Å². The normalized spacial score (nSPS) is 31.0. The Morgan fingerprint density at radius 1 is 1.38 bits per heavy atom. The van der Waals surface area contributed by atoms with Crippen molar-refractivity contribution in [3.8, 4) is 0 Å². The van der Waals surface area contributed by atoms with Gasteiger partial charge in [0.15, 0.2) is 5.79 Å². The van der Waals surface area contributed by atoms with Gasteiger partial charge in [0.2, 0.25) is 0 Å². The molecule has 0 unspecified atom stereocenters. The summed E-state index contributed by atoms with van der Waals surface area (Å²) in [6, 6.07) is 0. The topological polar surface area (TPSA) is 91.3 Å². The van der Waals surface area contributed by atoms with Crippen molar-refractivity contribution in [1.82, 2.24) is 0 Å². The van der Waals surface area contributed by atoms with Crippen LogP contribution in [0.1, 0.15) is 40.0 Å². The molecule has 0 spiro atoms. The monoisotopic (exact) mass is 372 g/mol. The summed E-state index contributed by atoms with van der Waals surface area (Å²) in [5.74, 6) is -1.77. The molecule has 150 valence electrons. The number of rotatable bonds is 9. The number of aliphatic hydroxyl groups excluding tert-OH is 1. The third kappa shape index (κ3) is 4.52. The lowest BCUT2D eigenvalue weighted by Gasteiger charge is -2.56. The number of hydrogen-bond donors (Lipinski definition) is 1. The van der Waals surface area contributed by atoms with Gasteiger partial charge in [-0.1, -0.05) is 26.8 Å². The Hall–Kier alpha value is -1.28. The van der Waals surface area contributed by atoms with Crippen molar-refractivity contribution in [3.05, 3.63) is 12.2 Å². The molecule has 1 aliphatic rings. The maximum absolute atomic E-state index is 11.3. The molecular weight excluding hydrogens is 340 g/mol. The maximum atomic E-state index is 11.3. The zero-order valence-corrected chi connectivity index (χ0v) is 16.6. The first-order valence-electron chi connectivity index (χ1n) is 8.82. The van der Waals surface area contributed by atoms with E-state index in [0.29, 0.717) is 19.1 Å². The van der Waals surface area contributed by atoms with Crippen LogP contribution in [0.3, 0.4) is 0 Å². The second-order valence-electron chi connectivity index (χ2n) is 7.21. The van der Waals surface area contributed by atoms with E-state index in [0.717, 1.165) is 0 Å². The lowest BCUT2D eigenvalue weighted by Crippen LogP contribution is -2.65. The zero-order valence-electron chi connectivity index (χ0n) is 16.6. The molecule has 26 heavy (non-hydrogen) atoms. The van der Waals surface area contributed by atoms with E-state index in [1.165, 1.54) is 20.3 Å². The molecule has 1 saturated heterocycles. The molecular formula is C19H32O7. The first-order chi connectivity index (χ1) is 12.2. The second kappa shape index (κ2) is 9.60. The number of aldehydes is 1. The van der Waals surface area contributed by atoms with Crippen molar-refractivity contribution in [2.24, 2.45) is 11.3 Å². The van der Waals surface area contributed by atoms with E-state index in [-0.39, 0.29) is 24.5 Å². The molecule has 1 fully saturated rings. The Kier molecular flexibility index (Phi) is 8.40. The Balaban J connectivity index is 3.15. The quantitative estimate of drug-likeness (QED) is 0.375. The molecule has 0 aromatic heterocycles. The van der Waals surface area contributed by atoms with E-state index in [1.54, 1.807) is 13.2 Å². The number of carbonyl (C=O) groups excluding carboxylic acids is 2. The Morgan fingerprint density at radius 2 is 2.04 bits per heavy atom. The first-order valence-corrected chi connectivity index (χ1v) is 8.82. The number of methoxy groups -OCH3 is 3. The van der Waals surface area contributed by atoms with Gasteiger partial charge in [-0.2, -0.15) is 0 Å². The number of ether oxygens (including phenoxy) is 4. The molecule has 1 N–H and O–H groups in total. The Morgan fingerprint density at radius 3 is 2.54 bits per heavy atom. The fraction of sp³-hybridized carbons (Fsp3) is 0.789. The van der Waals surface area contributed by atoms with Crippen LogP contribution in [0.5, 0.6) is 0 Å². The van der Waals surface area contributed by atoms with Crippen molar-refractivity contribution >= 4 is 12.3 Å². The standard InChI is InChI=1S/C19H32O7/c1-13-15(23-4)12-14(8-7-9-17(22)24-5)26-19(13,25-6)18(2,3)16(21)10-11-20/h7,9,11,13-16,21H,8,10,12H2,1-6H3/b9-7+/t13-,14+,15-,16+,19+/m1/s1. The molecule has 1 aliphatic heterocycles. The van der Waals surface area contributed by atoms with Crippen LogP contribution in [0, 0.1) is 11.3 Å². The molecule has 0 saturated carbocycles. The van der Waals surface area contributed by atoms with E-state index >= 15 is 0 Å². The van der Waals surface area contributed by atoms with Crippen molar-refractivity contribution in [1.29, 1.82) is 0 Å². The molecule has 1 rings (SSSR count). The molecule has 0 aliphatic carbocycles. The summed E-state index contributed by atoms with van der Waals surface area (Å²) in [4.78, 5) is 22.2. The van der Waals surface area contributed by atoms with Crippen LogP contribution in [0.2, 0.25) is 0 Å². The summed E-state index contributed by atoms with van der Waals surface area (Å²) in [5, 5.41) is 10.6. The lowest BCUT2D eigenvalue weighted by molar-refractivity contribution is -0.370. The van der Waals surface area contributed by atoms with Crippen molar-refractivity contribution in [2.45, 2.75) is 64.1 Å². The van der Waals surface area contributed by atoms with Crippen LogP contribution in [0.15, 0.2) is 12.2 Å². The highest BCUT2D eigenvalue weighted by molar-refractivity contribution is 5.81. The molecule has 0 radical (unpaired) electrons. The molecule has 0 aromatic rings. The predicted molar refractivity (Wildman–Crippen MR) is 95.4 cm³/mol. The summed E-state index contributed by atoms with van der Waals surface area (Å²) in [6.45, 7) is 5.59. The summed E-state index contributed by atoms with van der Waals surface area (Å²) in [5.41, 5.74) is -0.871. The van der Waals surface area contributed by atoms with Gasteiger partial charge in [-0.3, -0.25) is 0 Å². The number of aliphatic hydroxyl groups is 1. The van der Waals surface area contributed by atoms with Gasteiger partial charge in [0, 0.05) is 44.5 Å². The van der Waals surface area contributed by atoms with Crippen LogP contribution in [-0.4, -0.2) is 62.8 Å². The number of carbonyl (C=O) groups is 2. The zero-order chi connectivity index (χ0) is 20.0. The fourth-order valence-electron chi connectivity index (χ4n) is 3.79. The van der Waals surface area contributed by atoms with Gasteiger partial charge in [-0.05, 0) is 6.42 Å². The van der Waals surface area contributed by atoms with Gasteiger partial charge < -0.3 is 28.8 Å². The van der Waals surface area contributed by atoms with E-state index < -0.39 is 23.3 Å². The largest absolute Gasteiger partial charge is 0.466 e. The highest BCUT2D eigenvalue weighted by Crippen LogP contribution is 2.50. The SMILES string of the molecule is COC(=O)/C=C/C[C@H]1C[C@@H](OC)[C@@H](C)[C@@](OC)(C(C)(C)[C@@H](O)CC=O)O1. The first kappa shape index (κ1) is 22.8. The molecule has 5 atom stereocenters. The molecule has 1 heterocycles. The van der Waals surface area contributed by atoms with Crippen molar-refractivity contribution in [3.63, 3.8) is 0 Å². The van der Waals surface area contributed by atoms with Gasteiger partial charge in [0.25, 0.3) is 0 Å². The summed E-state index contributed by atoms with van der Waals surface area (Å²) in [6.07, 6.45) is 3.41. The van der Waals surface area contributed by atoms with Crippen LogP contribution in [-0.2, 0) is 28.5 Å². The third-order valence-corrected chi connectivity index (χ3v) is 5.50. The molecule has 0 amide bonds. The van der Waals surface area contributed by atoms with Gasteiger partial charge in [-0.25, -0.2) is 4.79 Å². The highest BCUT2D eigenvalue weighted by atomic mass is 16.7. The predicted octanol–water partition coefficient (Wildman–Crippen LogP) is 1.86. The van der Waals surface area contributed by atoms with E-state index in [2.05, 4.69) is 4.74 Å². The molecule has 7 nitrogen and oxygen atoms in total. The van der Waals surface area contributed by atoms with Gasteiger partial charge in [-0.15, -0.1) is 0 Å². The summed E-state index contributed by atoms with van der Waals surface area (Å²) >= 11 is 0. The fourth-order valence-corrected chi connectivity index (χ4v) is 3.79. The van der Waals surface area contributed by atoms with E-state index in [9.17, 15) is 14.7 Å². The van der Waals surface area contributed by atoms with Gasteiger partial charge in [0.05, 0.1) is 25.4 Å². The Bertz CT molecular complexity index is 502. The highest BCUT2D eigenvalue weighted by Gasteiger charge is 2.59. The average molecular weight is 372 g/mol. The lowest BCUT2D eigenvalue weighted by atomic mass is 9.68. The van der Waals surface area contributed by atoms with Gasteiger partial charge in [0.1, 0.15) is 6.29 Å². The minimum absolute atomic E-state index is 0.0151. The average Bonchev–Trinajstić information content (AvgIpc) is 2.62. The van der Waals surface area contributed by atoms with Gasteiger partial charge >= 0.3 is 5.97 Å². The number of esters is 1. The second-order valence-corrected chi connectivity index (χ2v) is 7.21. The summed E-state index contributed by atoms with van der Waals surface area (Å²) in [7, 11) is 4.48. The van der Waals surface area contributed by atoms with E-state index in [4.69, 9.17) is 14.2 Å². The molecule has 0 bridgehead atoms. The maximum Gasteiger partial charge on any atom is 0.330 e. The van der Waals surface area contributed by atoms with Crippen molar-refractivity contribution in [2.75, 3.05) is 21.3 Å². The van der Waals surface area contributed by atoms with E-state index in [1.807, 2.05) is 20.8 Å². The van der Waals surface area contributed by atoms with Crippen LogP contribution in [0.25, 0.3) is 0 Å².